The molecule has 1 aromatic carbocycles. The normalized spacial score (nSPS) is 26.4. The minimum absolute atomic E-state index is 0.0110. The fourth-order valence-electron chi connectivity index (χ4n) is 2.05. The van der Waals surface area contributed by atoms with Gasteiger partial charge >= 0.3 is 0 Å². The Balaban J connectivity index is 1.80. The first-order valence-corrected chi connectivity index (χ1v) is 7.26. The number of alkyl halides is 1. The third-order valence-electron chi connectivity index (χ3n) is 2.83. The van der Waals surface area contributed by atoms with E-state index >= 15 is 0 Å². The van der Waals surface area contributed by atoms with E-state index in [1.165, 1.54) is 5.56 Å². The third-order valence-corrected chi connectivity index (χ3v) is 3.47. The lowest BCUT2D eigenvalue weighted by Crippen LogP contribution is -2.28. The molecular weight excluding hydrogens is 296 g/mol. The van der Waals surface area contributed by atoms with E-state index in [1.54, 1.807) is 0 Å². The summed E-state index contributed by atoms with van der Waals surface area (Å²) in [6.07, 6.45) is 0.0406. The van der Waals surface area contributed by atoms with Crippen LogP contribution in [0.5, 0.6) is 0 Å². The lowest BCUT2D eigenvalue weighted by Gasteiger charge is -2.16. The summed E-state index contributed by atoms with van der Waals surface area (Å²) >= 11 is 3.44. The van der Waals surface area contributed by atoms with Crippen LogP contribution in [0.1, 0.15) is 19.4 Å². The van der Waals surface area contributed by atoms with Gasteiger partial charge in [-0.05, 0) is 19.4 Å². The fraction of sp³-hybridized carbons (Fsp3) is 0.571. The summed E-state index contributed by atoms with van der Waals surface area (Å²) in [7, 11) is 0. The predicted molar refractivity (Wildman–Crippen MR) is 73.7 cm³/mol. The molecule has 1 aliphatic heterocycles. The molecule has 1 aliphatic rings. The van der Waals surface area contributed by atoms with Crippen molar-refractivity contribution in [2.24, 2.45) is 0 Å². The molecular formula is C14H19BrO3. The van der Waals surface area contributed by atoms with Crippen molar-refractivity contribution < 1.29 is 14.2 Å². The summed E-state index contributed by atoms with van der Waals surface area (Å²) in [4.78, 5) is 0. The average Bonchev–Trinajstić information content (AvgIpc) is 2.65. The van der Waals surface area contributed by atoms with Gasteiger partial charge in [-0.3, -0.25) is 0 Å². The van der Waals surface area contributed by atoms with E-state index in [0.29, 0.717) is 13.2 Å². The smallest absolute Gasteiger partial charge is 0.163 e. The molecule has 0 amide bonds. The van der Waals surface area contributed by atoms with E-state index in [2.05, 4.69) is 28.1 Å². The topological polar surface area (TPSA) is 27.7 Å². The first kappa shape index (κ1) is 14.0. The molecule has 1 saturated heterocycles. The van der Waals surface area contributed by atoms with E-state index < -0.39 is 5.79 Å². The highest BCUT2D eigenvalue weighted by atomic mass is 79.9. The predicted octanol–water partition coefficient (Wildman–Crippen LogP) is 3.12. The Morgan fingerprint density at radius 3 is 2.50 bits per heavy atom. The minimum atomic E-state index is -0.515. The van der Waals surface area contributed by atoms with E-state index in [9.17, 15) is 0 Å². The summed E-state index contributed by atoms with van der Waals surface area (Å²) in [6.45, 7) is 5.02. The molecule has 0 aromatic heterocycles. The third kappa shape index (κ3) is 3.79. The van der Waals surface area contributed by atoms with Crippen molar-refractivity contribution in [1.29, 1.82) is 0 Å². The van der Waals surface area contributed by atoms with Crippen LogP contribution in [0.15, 0.2) is 30.3 Å². The number of ether oxygens (including phenoxy) is 3. The van der Waals surface area contributed by atoms with Gasteiger partial charge in [0.1, 0.15) is 6.10 Å². The molecule has 100 valence electrons. The van der Waals surface area contributed by atoms with E-state index in [1.807, 2.05) is 32.0 Å². The van der Waals surface area contributed by atoms with Gasteiger partial charge < -0.3 is 14.2 Å². The van der Waals surface area contributed by atoms with Crippen molar-refractivity contribution in [3.8, 4) is 0 Å². The van der Waals surface area contributed by atoms with Crippen LogP contribution >= 0.6 is 15.9 Å². The lowest BCUT2D eigenvalue weighted by molar-refractivity contribution is -0.149. The molecule has 0 aliphatic carbocycles. The van der Waals surface area contributed by atoms with E-state index in [0.717, 1.165) is 5.33 Å². The average molecular weight is 315 g/mol. The highest BCUT2D eigenvalue weighted by molar-refractivity contribution is 9.09. The molecule has 0 N–H and O–H groups in total. The molecule has 0 spiro atoms. The summed E-state index contributed by atoms with van der Waals surface area (Å²) in [5, 5.41) is 0.760. The van der Waals surface area contributed by atoms with Crippen molar-refractivity contribution in [3.05, 3.63) is 35.9 Å². The second kappa shape index (κ2) is 6.15. The van der Waals surface area contributed by atoms with Crippen molar-refractivity contribution >= 4 is 15.9 Å². The van der Waals surface area contributed by atoms with Crippen LogP contribution in [0.3, 0.4) is 0 Å². The number of hydrogen-bond acceptors (Lipinski definition) is 3. The number of benzene rings is 1. The van der Waals surface area contributed by atoms with Crippen LogP contribution in [-0.4, -0.2) is 29.9 Å². The first-order valence-electron chi connectivity index (χ1n) is 6.14. The van der Waals surface area contributed by atoms with Crippen molar-refractivity contribution in [2.45, 2.75) is 38.4 Å². The molecule has 1 heterocycles. The summed E-state index contributed by atoms with van der Waals surface area (Å²) in [5.41, 5.74) is 1.17. The van der Waals surface area contributed by atoms with Crippen LogP contribution in [0.25, 0.3) is 0 Å². The lowest BCUT2D eigenvalue weighted by atomic mass is 10.2. The number of rotatable bonds is 5. The molecule has 2 atom stereocenters. The van der Waals surface area contributed by atoms with Gasteiger partial charge in [-0.15, -0.1) is 0 Å². The zero-order valence-electron chi connectivity index (χ0n) is 10.8. The Labute approximate surface area is 117 Å². The van der Waals surface area contributed by atoms with Crippen LogP contribution < -0.4 is 0 Å². The van der Waals surface area contributed by atoms with Crippen LogP contribution in [0.4, 0.5) is 0 Å². The Kier molecular flexibility index (Phi) is 4.78. The molecule has 3 nitrogen and oxygen atoms in total. The van der Waals surface area contributed by atoms with E-state index in [4.69, 9.17) is 14.2 Å². The Hall–Kier alpha value is -0.420. The SMILES string of the molecule is CC1(C)O[C@@H](COCc2ccccc2)[C@@H](CBr)O1. The molecule has 4 heteroatoms. The Bertz CT molecular complexity index is 367. The molecule has 2 rings (SSSR count). The van der Waals surface area contributed by atoms with Gasteiger partial charge in [-0.25, -0.2) is 0 Å². The summed E-state index contributed by atoms with van der Waals surface area (Å²) in [5.74, 6) is -0.515. The molecule has 1 aromatic rings. The van der Waals surface area contributed by atoms with Gasteiger partial charge in [0.05, 0.1) is 19.3 Å². The second-order valence-corrected chi connectivity index (χ2v) is 5.51. The van der Waals surface area contributed by atoms with Gasteiger partial charge in [0, 0.05) is 5.33 Å². The monoisotopic (exact) mass is 314 g/mol. The van der Waals surface area contributed by atoms with Crippen LogP contribution in [-0.2, 0) is 20.8 Å². The quantitative estimate of drug-likeness (QED) is 0.782. The zero-order valence-corrected chi connectivity index (χ0v) is 12.4. The molecule has 0 saturated carbocycles. The fourth-order valence-corrected chi connectivity index (χ4v) is 2.60. The maximum Gasteiger partial charge on any atom is 0.163 e. The maximum atomic E-state index is 5.81. The second-order valence-electron chi connectivity index (χ2n) is 4.87. The van der Waals surface area contributed by atoms with Crippen molar-refractivity contribution in [2.75, 3.05) is 11.9 Å². The minimum Gasteiger partial charge on any atom is -0.374 e. The summed E-state index contributed by atoms with van der Waals surface area (Å²) < 4.78 is 17.3. The molecule has 0 bridgehead atoms. The molecule has 18 heavy (non-hydrogen) atoms. The van der Waals surface area contributed by atoms with Gasteiger partial charge in [0.25, 0.3) is 0 Å². The van der Waals surface area contributed by atoms with Gasteiger partial charge in [-0.2, -0.15) is 0 Å². The number of halogens is 1. The van der Waals surface area contributed by atoms with E-state index in [-0.39, 0.29) is 12.2 Å². The van der Waals surface area contributed by atoms with Crippen molar-refractivity contribution in [1.82, 2.24) is 0 Å². The molecule has 0 radical (unpaired) electrons. The van der Waals surface area contributed by atoms with Gasteiger partial charge in [-0.1, -0.05) is 46.3 Å². The van der Waals surface area contributed by atoms with Gasteiger partial charge in [0.2, 0.25) is 0 Å². The standard InChI is InChI=1S/C14H19BrO3/c1-14(2)17-12(8-15)13(18-14)10-16-9-11-6-4-3-5-7-11/h3-7,12-13H,8-10H2,1-2H3/t12-,13+/m1/s1. The Morgan fingerprint density at radius 2 is 1.83 bits per heavy atom. The van der Waals surface area contributed by atoms with Gasteiger partial charge in [0.15, 0.2) is 5.79 Å². The highest BCUT2D eigenvalue weighted by Crippen LogP contribution is 2.29. The van der Waals surface area contributed by atoms with Crippen LogP contribution in [0.2, 0.25) is 0 Å². The molecule has 0 unspecified atom stereocenters. The largest absolute Gasteiger partial charge is 0.374 e. The number of hydrogen-bond donors (Lipinski definition) is 0. The van der Waals surface area contributed by atoms with Crippen molar-refractivity contribution in [3.63, 3.8) is 0 Å². The maximum absolute atomic E-state index is 5.81. The highest BCUT2D eigenvalue weighted by Gasteiger charge is 2.40. The van der Waals surface area contributed by atoms with Crippen LogP contribution in [0, 0.1) is 0 Å². The zero-order chi connectivity index (χ0) is 13.0. The first-order chi connectivity index (χ1) is 8.61. The Morgan fingerprint density at radius 1 is 1.17 bits per heavy atom. The molecule has 1 fully saturated rings. The summed E-state index contributed by atoms with van der Waals surface area (Å²) in [6, 6.07) is 10.1.